The van der Waals surface area contributed by atoms with Crippen LogP contribution in [-0.4, -0.2) is 63.9 Å². The number of carbonyl (C=O) groups is 3. The van der Waals surface area contributed by atoms with E-state index in [9.17, 15) is 19.5 Å². The number of nitrogens with two attached hydrogens (primary N) is 1. The third kappa shape index (κ3) is 5.07. The molecule has 0 spiro atoms. The van der Waals surface area contributed by atoms with Crippen molar-refractivity contribution in [2.45, 2.75) is 22.3 Å². The van der Waals surface area contributed by atoms with Crippen LogP contribution in [0.4, 0.5) is 5.13 Å². The molecule has 2 aliphatic heterocycles. The molecule has 1 fully saturated rings. The maximum Gasteiger partial charge on any atom is 0.297 e. The molecule has 2 aromatic heterocycles. The lowest BCUT2D eigenvalue weighted by Crippen LogP contribution is -2.71. The summed E-state index contributed by atoms with van der Waals surface area (Å²) < 4.78 is 3.16. The molecule has 0 saturated carbocycles. The number of thioether (sulfide) groups is 2. The van der Waals surface area contributed by atoms with Gasteiger partial charge >= 0.3 is 0 Å². The smallest absolute Gasteiger partial charge is 0.297 e. The highest BCUT2D eigenvalue weighted by Gasteiger charge is 2.53. The van der Waals surface area contributed by atoms with Crippen molar-refractivity contribution in [3.63, 3.8) is 0 Å². The molecule has 2 aromatic rings. The summed E-state index contributed by atoms with van der Waals surface area (Å²) in [7, 11) is 1.28. The van der Waals surface area contributed by atoms with Gasteiger partial charge in [-0.25, -0.2) is 4.98 Å². The zero-order valence-electron chi connectivity index (χ0n) is 18.5. The highest BCUT2D eigenvalue weighted by Crippen LogP contribution is 2.40. The summed E-state index contributed by atoms with van der Waals surface area (Å²) in [6.07, 6.45) is 7.50. The van der Waals surface area contributed by atoms with Crippen molar-refractivity contribution in [2.24, 2.45) is 5.16 Å². The Bertz CT molecular complexity index is 1250. The van der Waals surface area contributed by atoms with Crippen molar-refractivity contribution in [1.29, 1.82) is 0 Å². The molecule has 2 atom stereocenters. The van der Waals surface area contributed by atoms with Gasteiger partial charge in [0.1, 0.15) is 24.2 Å². The van der Waals surface area contributed by atoms with Crippen LogP contribution in [0.5, 0.6) is 0 Å². The second kappa shape index (κ2) is 10.8. The van der Waals surface area contributed by atoms with E-state index in [4.69, 9.17) is 10.6 Å². The Morgan fingerprint density at radius 3 is 2.94 bits per heavy atom. The molecule has 2 aliphatic rings. The Hall–Kier alpha value is -2.88. The number of thiazole rings is 2. The fourth-order valence-electron chi connectivity index (χ4n) is 3.56. The minimum Gasteiger partial charge on any atom is -0.543 e. The zero-order chi connectivity index (χ0) is 25.1. The van der Waals surface area contributed by atoms with Gasteiger partial charge in [0, 0.05) is 11.1 Å². The standard InChI is InChI=1S/C20H20N6O5S4/c1-31-24-12(11-9-35-19(21)22-11)15(27)23-13-16(28)26-14(18(29)30)10(8-34-17(13)26)4-3-5-25-6-7-33-20(25)32-2/h3-4,6-7,9,13,17H,5,8H2,1-2H3,(H3-,21,22,23,27,29,30)/b4-3?,24-12-/t13?,17-/m1/s1. The lowest BCUT2D eigenvalue weighted by atomic mass is 10.0. The van der Waals surface area contributed by atoms with Gasteiger partial charge in [0.25, 0.3) is 16.2 Å². The molecule has 15 heteroatoms. The summed E-state index contributed by atoms with van der Waals surface area (Å²) in [5, 5.41) is 21.4. The number of nitrogen functional groups attached to an aromatic ring is 1. The number of anilines is 1. The van der Waals surface area contributed by atoms with Crippen LogP contribution >= 0.6 is 46.2 Å². The molecule has 2 amide bonds. The molecule has 4 rings (SSSR count). The minimum atomic E-state index is -1.44. The maximum absolute atomic E-state index is 12.9. The van der Waals surface area contributed by atoms with E-state index < -0.39 is 29.2 Å². The van der Waals surface area contributed by atoms with Crippen LogP contribution in [0.2, 0.25) is 0 Å². The number of hydrogen-bond acceptors (Lipinski definition) is 12. The Labute approximate surface area is 216 Å². The van der Waals surface area contributed by atoms with Gasteiger partial charge in [-0.05, 0) is 29.7 Å². The number of carbonyl (C=O) groups excluding carboxylic acids is 3. The quantitative estimate of drug-likeness (QED) is 0.142. The summed E-state index contributed by atoms with van der Waals surface area (Å²) in [6.45, 7) is 0.562. The first-order valence-corrected chi connectivity index (χ1v) is 14.1. The molecule has 11 nitrogen and oxygen atoms in total. The fraction of sp³-hybridized carbons (Fsp3) is 0.300. The summed E-state index contributed by atoms with van der Waals surface area (Å²) in [5.41, 5.74) is 6.01. The van der Waals surface area contributed by atoms with E-state index in [1.54, 1.807) is 34.6 Å². The van der Waals surface area contributed by atoms with E-state index >= 15 is 0 Å². The van der Waals surface area contributed by atoms with Gasteiger partial charge in [-0.15, -0.1) is 23.1 Å². The first kappa shape index (κ1) is 25.2. The molecule has 35 heavy (non-hydrogen) atoms. The molecular weight excluding hydrogens is 533 g/mol. The number of hydrogen-bond donors (Lipinski definition) is 2. The molecule has 4 heterocycles. The van der Waals surface area contributed by atoms with Crippen molar-refractivity contribution < 1.29 is 28.9 Å². The largest absolute Gasteiger partial charge is 0.543 e. The number of aromatic nitrogens is 2. The molecule has 1 unspecified atom stereocenters. The normalized spacial score (nSPS) is 20.1. The third-order valence-electron chi connectivity index (χ3n) is 5.08. The van der Waals surface area contributed by atoms with Gasteiger partial charge < -0.3 is 25.8 Å². The van der Waals surface area contributed by atoms with E-state index in [2.05, 4.69) is 15.5 Å². The molecule has 3 N–H and O–H groups in total. The summed E-state index contributed by atoms with van der Waals surface area (Å²) in [4.78, 5) is 47.6. The summed E-state index contributed by atoms with van der Waals surface area (Å²) in [5.74, 6) is -2.34. The monoisotopic (exact) mass is 552 g/mol. The molecular formula is C20H20N6O5S4. The van der Waals surface area contributed by atoms with Gasteiger partial charge in [0.05, 0.1) is 17.0 Å². The predicted molar refractivity (Wildman–Crippen MR) is 133 cm³/mol. The zero-order valence-corrected chi connectivity index (χ0v) is 21.8. The van der Waals surface area contributed by atoms with E-state index in [1.165, 1.54) is 18.9 Å². The van der Waals surface area contributed by atoms with Crippen molar-refractivity contribution in [3.8, 4) is 0 Å². The van der Waals surface area contributed by atoms with Gasteiger partial charge in [-0.3, -0.25) is 14.5 Å². The molecule has 184 valence electrons. The summed E-state index contributed by atoms with van der Waals surface area (Å²) >= 11 is 5.73. The summed E-state index contributed by atoms with van der Waals surface area (Å²) in [6, 6.07) is -0.934. The molecule has 0 aliphatic carbocycles. The van der Waals surface area contributed by atoms with E-state index in [-0.39, 0.29) is 22.2 Å². The average molecular weight is 553 g/mol. The fourth-order valence-corrected chi connectivity index (χ4v) is 6.94. The number of aliphatic carboxylic acids is 1. The van der Waals surface area contributed by atoms with Crippen LogP contribution in [0.3, 0.4) is 0 Å². The predicted octanol–water partition coefficient (Wildman–Crippen LogP) is -0.193. The number of oxime groups is 1. The average Bonchev–Trinajstić information content (AvgIpc) is 3.48. The number of β-lactam (4-membered cyclic amide) rings is 1. The first-order chi connectivity index (χ1) is 16.8. The second-order valence-electron chi connectivity index (χ2n) is 7.14. The van der Waals surface area contributed by atoms with E-state index in [0.717, 1.165) is 20.6 Å². The highest BCUT2D eigenvalue weighted by molar-refractivity contribution is 8.00. The SMILES string of the molecule is CO/N=C(\C(=O)NC1C(=O)N2C(C(=O)[O-])=C(C=CC[n+]3ccsc3SC)CS[C@H]12)c1csc(N)n1. The van der Waals surface area contributed by atoms with Gasteiger partial charge in [0.15, 0.2) is 23.6 Å². The molecule has 1 saturated heterocycles. The Kier molecular flexibility index (Phi) is 7.78. The van der Waals surface area contributed by atoms with Crippen LogP contribution in [0, 0.1) is 0 Å². The first-order valence-electron chi connectivity index (χ1n) is 10.1. The maximum atomic E-state index is 12.9. The van der Waals surface area contributed by atoms with Crippen molar-refractivity contribution >= 4 is 74.8 Å². The number of rotatable bonds is 9. The highest BCUT2D eigenvalue weighted by atomic mass is 32.2. The number of allylic oxidation sites excluding steroid dienone is 2. The lowest BCUT2D eigenvalue weighted by molar-refractivity contribution is -0.716. The Morgan fingerprint density at radius 2 is 2.29 bits per heavy atom. The number of nitrogens with zero attached hydrogens (tertiary/aromatic N) is 4. The number of amides is 2. The topological polar surface area (TPSA) is 154 Å². The van der Waals surface area contributed by atoms with Crippen LogP contribution in [-0.2, 0) is 25.8 Å². The van der Waals surface area contributed by atoms with Crippen LogP contribution in [0.15, 0.2) is 49.9 Å². The van der Waals surface area contributed by atoms with Crippen LogP contribution in [0.1, 0.15) is 5.69 Å². The lowest BCUT2D eigenvalue weighted by Gasteiger charge is -2.50. The number of nitrogens with one attached hydrogen (secondary N) is 1. The molecule has 0 radical (unpaired) electrons. The molecule has 0 bridgehead atoms. The molecule has 0 aromatic carbocycles. The van der Waals surface area contributed by atoms with Crippen LogP contribution < -0.4 is 20.7 Å². The van der Waals surface area contributed by atoms with E-state index in [1.807, 2.05) is 28.5 Å². The number of carboxylic acid groups (broad SMARTS) is 1. The van der Waals surface area contributed by atoms with Gasteiger partial charge in [0.2, 0.25) is 0 Å². The Balaban J connectivity index is 1.49. The van der Waals surface area contributed by atoms with Gasteiger partial charge in [-0.2, -0.15) is 4.57 Å². The van der Waals surface area contributed by atoms with Crippen molar-refractivity contribution in [2.75, 3.05) is 24.9 Å². The van der Waals surface area contributed by atoms with Crippen molar-refractivity contribution in [3.05, 3.63) is 46.1 Å². The third-order valence-corrected chi connectivity index (χ3v) is 9.12. The second-order valence-corrected chi connectivity index (χ2v) is 11.1. The van der Waals surface area contributed by atoms with E-state index in [0.29, 0.717) is 17.9 Å². The number of carboxylic acids is 1. The number of fused-ring (bicyclic) bond motifs is 1. The van der Waals surface area contributed by atoms with Gasteiger partial charge in [-0.1, -0.05) is 22.6 Å². The Morgan fingerprint density at radius 1 is 1.49 bits per heavy atom. The minimum absolute atomic E-state index is 0.137. The van der Waals surface area contributed by atoms with Crippen LogP contribution in [0.25, 0.3) is 0 Å². The van der Waals surface area contributed by atoms with Crippen molar-refractivity contribution in [1.82, 2.24) is 15.2 Å².